The molecule has 1 aliphatic heterocycles. The van der Waals surface area contributed by atoms with Gasteiger partial charge in [-0.15, -0.1) is 0 Å². The van der Waals surface area contributed by atoms with Gasteiger partial charge in [0.15, 0.2) is 0 Å². The summed E-state index contributed by atoms with van der Waals surface area (Å²) in [5.41, 5.74) is 5.57. The first-order valence-electron chi connectivity index (χ1n) is 10.6. The molecule has 31 heavy (non-hydrogen) atoms. The molecule has 0 saturated heterocycles. The fourth-order valence-corrected chi connectivity index (χ4v) is 3.35. The van der Waals surface area contributed by atoms with Crippen LogP contribution in [0.2, 0.25) is 0 Å². The summed E-state index contributed by atoms with van der Waals surface area (Å²) in [5, 5.41) is 2.92. The van der Waals surface area contributed by atoms with E-state index in [-0.39, 0.29) is 13.4 Å². The van der Waals surface area contributed by atoms with Gasteiger partial charge in [0.25, 0.3) is 0 Å². The van der Waals surface area contributed by atoms with Crippen molar-refractivity contribution in [3.8, 4) is 17.0 Å². The SMILES string of the molecule is CC.Cc1cnc(C)c(-c2cccc3c2OC(CNC(=O)/C=C/c2ccncc2)C3)n1.[HH]. The van der Waals surface area contributed by atoms with Crippen molar-refractivity contribution < 1.29 is 11.0 Å². The van der Waals surface area contributed by atoms with E-state index in [9.17, 15) is 4.79 Å². The first kappa shape index (κ1) is 22.2. The van der Waals surface area contributed by atoms with Crippen LogP contribution in [0.25, 0.3) is 17.3 Å². The average Bonchev–Trinajstić information content (AvgIpc) is 3.23. The minimum Gasteiger partial charge on any atom is -0.487 e. The number of nitrogens with zero attached hydrogens (tertiary/aromatic N) is 3. The average molecular weight is 419 g/mol. The number of nitrogens with one attached hydrogen (secondary N) is 1. The minimum atomic E-state index is -0.151. The molecule has 1 N–H and O–H groups in total. The Bertz CT molecular complexity index is 1070. The maximum Gasteiger partial charge on any atom is 0.244 e. The minimum absolute atomic E-state index is 0. The van der Waals surface area contributed by atoms with Gasteiger partial charge in [0, 0.05) is 38.1 Å². The van der Waals surface area contributed by atoms with E-state index in [2.05, 4.69) is 26.3 Å². The fraction of sp³-hybridized carbons (Fsp3) is 0.280. The zero-order valence-electron chi connectivity index (χ0n) is 18.4. The van der Waals surface area contributed by atoms with Crippen LogP contribution in [0.5, 0.6) is 5.75 Å². The number of carbonyl (C=O) groups excluding carboxylic acids is 1. The fourth-order valence-electron chi connectivity index (χ4n) is 3.35. The highest BCUT2D eigenvalue weighted by atomic mass is 16.5. The Hall–Kier alpha value is -3.54. The maximum atomic E-state index is 12.1. The zero-order valence-corrected chi connectivity index (χ0v) is 18.4. The number of benzene rings is 1. The van der Waals surface area contributed by atoms with Crippen molar-refractivity contribution in [2.75, 3.05) is 6.54 Å². The van der Waals surface area contributed by atoms with E-state index in [1.807, 2.05) is 52.0 Å². The van der Waals surface area contributed by atoms with Crippen molar-refractivity contribution in [3.05, 3.63) is 77.5 Å². The third-order valence-corrected chi connectivity index (χ3v) is 4.80. The van der Waals surface area contributed by atoms with Crippen molar-refractivity contribution in [1.82, 2.24) is 20.3 Å². The van der Waals surface area contributed by atoms with Gasteiger partial charge in [0.05, 0.1) is 23.6 Å². The summed E-state index contributed by atoms with van der Waals surface area (Å²) in [6, 6.07) is 9.77. The van der Waals surface area contributed by atoms with Gasteiger partial charge in [0.1, 0.15) is 11.9 Å². The monoisotopic (exact) mass is 418 g/mol. The molecule has 3 aromatic rings. The molecule has 0 saturated carbocycles. The number of aryl methyl sites for hydroxylation is 2. The highest BCUT2D eigenvalue weighted by Gasteiger charge is 2.27. The van der Waals surface area contributed by atoms with E-state index in [1.54, 1.807) is 24.7 Å². The Labute approximate surface area is 184 Å². The molecule has 0 aliphatic carbocycles. The number of rotatable bonds is 5. The molecule has 0 fully saturated rings. The molecule has 162 valence electrons. The molecule has 0 spiro atoms. The lowest BCUT2D eigenvalue weighted by molar-refractivity contribution is -0.116. The Kier molecular flexibility index (Phi) is 7.49. The Morgan fingerprint density at radius 2 is 2.00 bits per heavy atom. The molecular formula is C25H30N4O2. The molecule has 1 atom stereocenters. The van der Waals surface area contributed by atoms with Crippen molar-refractivity contribution in [3.63, 3.8) is 0 Å². The molecule has 3 heterocycles. The third kappa shape index (κ3) is 5.54. The molecule has 1 amide bonds. The molecule has 2 aromatic heterocycles. The van der Waals surface area contributed by atoms with Crippen LogP contribution in [-0.2, 0) is 11.2 Å². The lowest BCUT2D eigenvalue weighted by Crippen LogP contribution is -2.33. The Morgan fingerprint density at radius 1 is 1.23 bits per heavy atom. The van der Waals surface area contributed by atoms with Crippen LogP contribution in [0.15, 0.2) is 55.0 Å². The number of amides is 1. The van der Waals surface area contributed by atoms with Crippen molar-refractivity contribution in [2.45, 2.75) is 40.2 Å². The van der Waals surface area contributed by atoms with Crippen LogP contribution in [0.1, 0.15) is 37.8 Å². The summed E-state index contributed by atoms with van der Waals surface area (Å²) in [7, 11) is 0. The lowest BCUT2D eigenvalue weighted by atomic mass is 10.0. The Morgan fingerprint density at radius 3 is 2.77 bits per heavy atom. The van der Waals surface area contributed by atoms with Gasteiger partial charge in [-0.2, -0.15) is 0 Å². The number of pyridine rings is 1. The van der Waals surface area contributed by atoms with Crippen LogP contribution < -0.4 is 10.1 Å². The first-order valence-corrected chi connectivity index (χ1v) is 10.6. The maximum absolute atomic E-state index is 12.1. The number of hydrogen-bond acceptors (Lipinski definition) is 5. The number of aromatic nitrogens is 3. The number of para-hydroxylation sites is 1. The normalized spacial score (nSPS) is 14.4. The first-order chi connectivity index (χ1) is 15.1. The second-order valence-electron chi connectivity index (χ2n) is 7.04. The topological polar surface area (TPSA) is 77.0 Å². The van der Waals surface area contributed by atoms with Crippen molar-refractivity contribution in [2.24, 2.45) is 0 Å². The molecule has 1 aliphatic rings. The van der Waals surface area contributed by atoms with Crippen LogP contribution >= 0.6 is 0 Å². The summed E-state index contributed by atoms with van der Waals surface area (Å²) in [6.45, 7) is 8.31. The standard InChI is InChI=1S/C23H22N4O2.C2H6.H2/c1-15-13-25-16(2)22(27-15)20-5-3-4-18-12-19(29-23(18)20)14-26-21(28)7-6-17-8-10-24-11-9-17;1-2;/h3-11,13,19H,12,14H2,1-2H3,(H,26,28);1-2H3;1H/b7-6+;;. The van der Waals surface area contributed by atoms with Gasteiger partial charge in [-0.25, -0.2) is 4.98 Å². The highest BCUT2D eigenvalue weighted by molar-refractivity contribution is 5.91. The number of fused-ring (bicyclic) bond motifs is 1. The van der Waals surface area contributed by atoms with Crippen molar-refractivity contribution >= 4 is 12.0 Å². The second-order valence-corrected chi connectivity index (χ2v) is 7.04. The van der Waals surface area contributed by atoms with Gasteiger partial charge in [-0.05, 0) is 49.2 Å². The van der Waals surface area contributed by atoms with Crippen LogP contribution in [0.4, 0.5) is 0 Å². The van der Waals surface area contributed by atoms with E-state index in [4.69, 9.17) is 4.74 Å². The molecule has 6 heteroatoms. The molecule has 0 radical (unpaired) electrons. The largest absolute Gasteiger partial charge is 0.487 e. The predicted octanol–water partition coefficient (Wildman–Crippen LogP) is 4.56. The number of ether oxygens (including phenoxy) is 1. The van der Waals surface area contributed by atoms with Crippen LogP contribution in [0, 0.1) is 13.8 Å². The lowest BCUT2D eigenvalue weighted by Gasteiger charge is -2.13. The van der Waals surface area contributed by atoms with E-state index in [0.717, 1.165) is 45.9 Å². The van der Waals surface area contributed by atoms with Gasteiger partial charge in [-0.3, -0.25) is 14.8 Å². The molecular weight excluding hydrogens is 388 g/mol. The number of carbonyl (C=O) groups is 1. The van der Waals surface area contributed by atoms with Gasteiger partial charge in [0.2, 0.25) is 5.91 Å². The quantitative estimate of drug-likeness (QED) is 0.615. The Balaban J connectivity index is 0.00000118. The van der Waals surface area contributed by atoms with Gasteiger partial charge < -0.3 is 10.1 Å². The second kappa shape index (κ2) is 10.5. The molecule has 1 aromatic carbocycles. The number of hydrogen-bond donors (Lipinski definition) is 1. The van der Waals surface area contributed by atoms with Gasteiger partial charge >= 0.3 is 0 Å². The van der Waals surface area contributed by atoms with Crippen LogP contribution in [0.3, 0.4) is 0 Å². The molecule has 1 unspecified atom stereocenters. The van der Waals surface area contributed by atoms with E-state index >= 15 is 0 Å². The summed E-state index contributed by atoms with van der Waals surface area (Å²) in [6.07, 6.45) is 9.07. The summed E-state index contributed by atoms with van der Waals surface area (Å²) in [4.78, 5) is 25.2. The van der Waals surface area contributed by atoms with E-state index in [0.29, 0.717) is 6.54 Å². The zero-order chi connectivity index (χ0) is 22.2. The molecule has 0 bridgehead atoms. The van der Waals surface area contributed by atoms with Gasteiger partial charge in [-0.1, -0.05) is 26.0 Å². The highest BCUT2D eigenvalue weighted by Crippen LogP contribution is 2.38. The molecule has 4 rings (SSSR count). The van der Waals surface area contributed by atoms with Crippen LogP contribution in [-0.4, -0.2) is 33.5 Å². The van der Waals surface area contributed by atoms with Crippen molar-refractivity contribution in [1.29, 1.82) is 0 Å². The van der Waals surface area contributed by atoms with E-state index in [1.165, 1.54) is 6.08 Å². The summed E-state index contributed by atoms with van der Waals surface area (Å²) < 4.78 is 6.19. The summed E-state index contributed by atoms with van der Waals surface area (Å²) in [5.74, 6) is 0.684. The predicted molar refractivity (Wildman–Crippen MR) is 125 cm³/mol. The van der Waals surface area contributed by atoms with E-state index < -0.39 is 0 Å². The molecule has 6 nitrogen and oxygen atoms in total. The third-order valence-electron chi connectivity index (χ3n) is 4.80. The smallest absolute Gasteiger partial charge is 0.244 e. The summed E-state index contributed by atoms with van der Waals surface area (Å²) >= 11 is 0.